The SMILES string of the molecule is O=C1C(=O)N(Cc2cccnc2)C(c2c[nH]c3ccccc23)/C1=C(\O)c1cccc([N+](=O)[O-])c1. The summed E-state index contributed by atoms with van der Waals surface area (Å²) in [5.74, 6) is -2.10. The normalized spacial score (nSPS) is 17.4. The van der Waals surface area contributed by atoms with Crippen molar-refractivity contribution in [2.75, 3.05) is 0 Å². The second kappa shape index (κ2) is 8.28. The van der Waals surface area contributed by atoms with Crippen LogP contribution in [0.4, 0.5) is 5.69 Å². The van der Waals surface area contributed by atoms with Crippen LogP contribution in [0.3, 0.4) is 0 Å². The van der Waals surface area contributed by atoms with Gasteiger partial charge in [0.15, 0.2) is 0 Å². The number of hydrogen-bond acceptors (Lipinski definition) is 6. The molecule has 3 heterocycles. The van der Waals surface area contributed by atoms with Crippen LogP contribution in [-0.4, -0.2) is 36.6 Å². The number of carbonyl (C=O) groups is 2. The molecule has 2 aromatic heterocycles. The summed E-state index contributed by atoms with van der Waals surface area (Å²) in [6.45, 7) is 0.0916. The Hall–Kier alpha value is -4.79. The van der Waals surface area contributed by atoms with Crippen LogP contribution in [0.2, 0.25) is 0 Å². The number of rotatable bonds is 5. The van der Waals surface area contributed by atoms with Gasteiger partial charge < -0.3 is 15.0 Å². The van der Waals surface area contributed by atoms with Gasteiger partial charge in [0.1, 0.15) is 5.76 Å². The molecule has 2 N–H and O–H groups in total. The fourth-order valence-corrected chi connectivity index (χ4v) is 4.30. The number of nitro benzene ring substituents is 1. The zero-order chi connectivity index (χ0) is 23.8. The molecule has 1 atom stereocenters. The van der Waals surface area contributed by atoms with Gasteiger partial charge in [-0.05, 0) is 17.7 Å². The molecule has 2 aromatic carbocycles. The number of aliphatic hydroxyl groups is 1. The van der Waals surface area contributed by atoms with E-state index in [1.807, 2.05) is 24.3 Å². The van der Waals surface area contributed by atoms with Crippen molar-refractivity contribution in [3.8, 4) is 0 Å². The van der Waals surface area contributed by atoms with E-state index in [1.54, 1.807) is 30.7 Å². The number of pyridine rings is 1. The van der Waals surface area contributed by atoms with E-state index >= 15 is 0 Å². The smallest absolute Gasteiger partial charge is 0.295 e. The molecule has 1 unspecified atom stereocenters. The van der Waals surface area contributed by atoms with Gasteiger partial charge >= 0.3 is 0 Å². The molecule has 168 valence electrons. The third kappa shape index (κ3) is 3.49. The standard InChI is InChI=1S/C25H18N4O5/c30-23(16-6-3-7-17(11-16)29(33)34)21-22(19-13-27-20-9-2-1-8-18(19)20)28(25(32)24(21)31)14-15-5-4-10-26-12-15/h1-13,22,27,30H,14H2/b23-21+. The summed E-state index contributed by atoms with van der Waals surface area (Å²) < 4.78 is 0. The second-order valence-electron chi connectivity index (χ2n) is 7.89. The van der Waals surface area contributed by atoms with Crippen LogP contribution in [0, 0.1) is 10.1 Å². The number of nitro groups is 1. The lowest BCUT2D eigenvalue weighted by Crippen LogP contribution is -2.29. The number of likely N-dealkylation sites (tertiary alicyclic amines) is 1. The Morgan fingerprint density at radius 1 is 1.12 bits per heavy atom. The first kappa shape index (κ1) is 21.1. The largest absolute Gasteiger partial charge is 0.507 e. The van der Waals surface area contributed by atoms with E-state index in [9.17, 15) is 24.8 Å². The van der Waals surface area contributed by atoms with E-state index < -0.39 is 28.4 Å². The van der Waals surface area contributed by atoms with Gasteiger partial charge in [-0.1, -0.05) is 36.4 Å². The van der Waals surface area contributed by atoms with Crippen molar-refractivity contribution in [1.29, 1.82) is 0 Å². The Morgan fingerprint density at radius 3 is 2.71 bits per heavy atom. The highest BCUT2D eigenvalue weighted by Gasteiger charge is 2.47. The average Bonchev–Trinajstić information content (AvgIpc) is 3.38. The molecule has 1 aliphatic rings. The van der Waals surface area contributed by atoms with E-state index in [-0.39, 0.29) is 23.4 Å². The molecule has 4 aromatic rings. The molecule has 34 heavy (non-hydrogen) atoms. The Kier molecular flexibility index (Phi) is 5.14. The van der Waals surface area contributed by atoms with Crippen molar-refractivity contribution in [1.82, 2.24) is 14.9 Å². The van der Waals surface area contributed by atoms with Crippen molar-refractivity contribution in [2.24, 2.45) is 0 Å². The Morgan fingerprint density at radius 2 is 1.94 bits per heavy atom. The fraction of sp³-hybridized carbons (Fsp3) is 0.0800. The van der Waals surface area contributed by atoms with Crippen LogP contribution in [0.15, 0.2) is 84.8 Å². The summed E-state index contributed by atoms with van der Waals surface area (Å²) in [7, 11) is 0. The molecule has 1 fully saturated rings. The second-order valence-corrected chi connectivity index (χ2v) is 7.89. The number of nitrogens with one attached hydrogen (secondary N) is 1. The van der Waals surface area contributed by atoms with Gasteiger partial charge in [-0.2, -0.15) is 0 Å². The van der Waals surface area contributed by atoms with Crippen LogP contribution in [0.1, 0.15) is 22.7 Å². The molecular weight excluding hydrogens is 436 g/mol. The maximum atomic E-state index is 13.2. The first-order valence-corrected chi connectivity index (χ1v) is 10.4. The fourth-order valence-electron chi connectivity index (χ4n) is 4.30. The van der Waals surface area contributed by atoms with Crippen LogP contribution < -0.4 is 0 Å². The quantitative estimate of drug-likeness (QED) is 0.154. The molecule has 0 saturated carbocycles. The van der Waals surface area contributed by atoms with Gasteiger partial charge in [0.2, 0.25) is 0 Å². The summed E-state index contributed by atoms with van der Waals surface area (Å²) >= 11 is 0. The molecule has 1 aliphatic heterocycles. The molecule has 9 nitrogen and oxygen atoms in total. The van der Waals surface area contributed by atoms with Crippen molar-refractivity contribution < 1.29 is 19.6 Å². The predicted molar refractivity (Wildman–Crippen MR) is 123 cm³/mol. The summed E-state index contributed by atoms with van der Waals surface area (Å²) in [5.41, 5.74) is 1.87. The minimum absolute atomic E-state index is 0.0819. The zero-order valence-electron chi connectivity index (χ0n) is 17.7. The summed E-state index contributed by atoms with van der Waals surface area (Å²) in [4.78, 5) is 45.6. The molecule has 0 bridgehead atoms. The molecular formula is C25H18N4O5. The summed E-state index contributed by atoms with van der Waals surface area (Å²) in [6, 6.07) is 15.4. The van der Waals surface area contributed by atoms with E-state index in [0.29, 0.717) is 11.1 Å². The van der Waals surface area contributed by atoms with Crippen molar-refractivity contribution in [2.45, 2.75) is 12.6 Å². The third-order valence-corrected chi connectivity index (χ3v) is 5.86. The Balaban J connectivity index is 1.71. The van der Waals surface area contributed by atoms with Crippen molar-refractivity contribution in [3.63, 3.8) is 0 Å². The van der Waals surface area contributed by atoms with Gasteiger partial charge in [-0.15, -0.1) is 0 Å². The summed E-state index contributed by atoms with van der Waals surface area (Å²) in [5, 5.41) is 23.2. The number of para-hydroxylation sites is 1. The number of ketones is 1. The number of aliphatic hydroxyl groups excluding tert-OH is 1. The number of benzene rings is 2. The highest BCUT2D eigenvalue weighted by atomic mass is 16.6. The molecule has 5 rings (SSSR count). The molecule has 0 aliphatic carbocycles. The number of fused-ring (bicyclic) bond motifs is 1. The van der Waals surface area contributed by atoms with E-state index in [1.165, 1.54) is 29.2 Å². The van der Waals surface area contributed by atoms with E-state index in [2.05, 4.69) is 9.97 Å². The van der Waals surface area contributed by atoms with Crippen LogP contribution in [0.25, 0.3) is 16.7 Å². The topological polar surface area (TPSA) is 129 Å². The maximum Gasteiger partial charge on any atom is 0.295 e. The number of H-pyrrole nitrogens is 1. The van der Waals surface area contributed by atoms with Gasteiger partial charge in [0, 0.05) is 59.3 Å². The molecule has 1 amide bonds. The van der Waals surface area contributed by atoms with Crippen LogP contribution in [-0.2, 0) is 16.1 Å². The molecule has 0 radical (unpaired) electrons. The first-order chi connectivity index (χ1) is 16.5. The van der Waals surface area contributed by atoms with E-state index in [4.69, 9.17) is 0 Å². The zero-order valence-corrected chi connectivity index (χ0v) is 17.7. The van der Waals surface area contributed by atoms with Gasteiger partial charge in [-0.25, -0.2) is 0 Å². The predicted octanol–water partition coefficient (Wildman–Crippen LogP) is 4.09. The lowest BCUT2D eigenvalue weighted by molar-refractivity contribution is -0.384. The minimum Gasteiger partial charge on any atom is -0.507 e. The number of non-ortho nitro benzene ring substituents is 1. The number of Topliss-reactive ketones (excluding diaryl/α,β-unsaturated/α-hetero) is 1. The Bertz CT molecular complexity index is 1470. The van der Waals surface area contributed by atoms with Crippen LogP contribution in [0.5, 0.6) is 0 Å². The van der Waals surface area contributed by atoms with Crippen molar-refractivity contribution in [3.05, 3.63) is 112 Å². The molecule has 0 spiro atoms. The number of amides is 1. The number of aromatic amines is 1. The van der Waals surface area contributed by atoms with Gasteiger partial charge in [0.05, 0.1) is 16.5 Å². The van der Waals surface area contributed by atoms with Gasteiger partial charge in [-0.3, -0.25) is 24.7 Å². The highest BCUT2D eigenvalue weighted by molar-refractivity contribution is 6.46. The Labute approximate surface area is 193 Å². The molecule has 9 heteroatoms. The number of nitrogens with zero attached hydrogens (tertiary/aromatic N) is 3. The highest BCUT2D eigenvalue weighted by Crippen LogP contribution is 2.42. The third-order valence-electron chi connectivity index (χ3n) is 5.86. The number of aromatic nitrogens is 2. The average molecular weight is 454 g/mol. The number of hydrogen-bond donors (Lipinski definition) is 2. The monoisotopic (exact) mass is 454 g/mol. The minimum atomic E-state index is -0.907. The summed E-state index contributed by atoms with van der Waals surface area (Å²) in [6.07, 6.45) is 4.92. The number of carbonyl (C=O) groups excluding carboxylic acids is 2. The maximum absolute atomic E-state index is 13.2. The lowest BCUT2D eigenvalue weighted by Gasteiger charge is -2.25. The lowest BCUT2D eigenvalue weighted by atomic mass is 9.94. The first-order valence-electron chi connectivity index (χ1n) is 10.4. The van der Waals surface area contributed by atoms with Crippen molar-refractivity contribution >= 4 is 34.0 Å². The van der Waals surface area contributed by atoms with Crippen LogP contribution >= 0.6 is 0 Å². The van der Waals surface area contributed by atoms with Gasteiger partial charge in [0.25, 0.3) is 17.4 Å². The molecule has 1 saturated heterocycles. The van der Waals surface area contributed by atoms with E-state index in [0.717, 1.165) is 10.9 Å².